The third-order valence-electron chi connectivity index (χ3n) is 4.08. The number of hydrogen-bond donors (Lipinski definition) is 0. The number of rotatable bonds is 3. The predicted molar refractivity (Wildman–Crippen MR) is 84.5 cm³/mol. The fourth-order valence-electron chi connectivity index (χ4n) is 2.60. The number of benzene rings is 1. The van der Waals surface area contributed by atoms with Crippen molar-refractivity contribution >= 4 is 5.91 Å². The SMILES string of the molecule is Cc1nc(-c2ccccc2)oc1CC(=O)N1CCN(C)CC1. The van der Waals surface area contributed by atoms with Crippen molar-refractivity contribution < 1.29 is 9.21 Å². The average molecular weight is 299 g/mol. The van der Waals surface area contributed by atoms with Crippen molar-refractivity contribution in [3.8, 4) is 11.5 Å². The Kier molecular flexibility index (Phi) is 4.24. The number of oxazole rings is 1. The standard InChI is InChI=1S/C17H21N3O2/c1-13-15(12-16(21)20-10-8-19(2)9-11-20)22-17(18-13)14-6-4-3-5-7-14/h3-7H,8-12H2,1-2H3. The fraction of sp³-hybridized carbons (Fsp3) is 0.412. The first-order chi connectivity index (χ1) is 10.6. The average Bonchev–Trinajstić information content (AvgIpc) is 2.90. The molecule has 0 unspecified atom stereocenters. The molecule has 2 aromatic rings. The topological polar surface area (TPSA) is 49.6 Å². The molecule has 0 aliphatic carbocycles. The molecular formula is C17H21N3O2. The highest BCUT2D eigenvalue weighted by Gasteiger charge is 2.22. The summed E-state index contributed by atoms with van der Waals surface area (Å²) in [5, 5.41) is 0. The summed E-state index contributed by atoms with van der Waals surface area (Å²) in [4.78, 5) is 21.0. The van der Waals surface area contributed by atoms with E-state index in [9.17, 15) is 4.79 Å². The fourth-order valence-corrected chi connectivity index (χ4v) is 2.60. The van der Waals surface area contributed by atoms with Crippen LogP contribution in [-0.2, 0) is 11.2 Å². The number of carbonyl (C=O) groups is 1. The van der Waals surface area contributed by atoms with Crippen LogP contribution in [0.1, 0.15) is 11.5 Å². The molecule has 5 nitrogen and oxygen atoms in total. The van der Waals surface area contributed by atoms with E-state index in [-0.39, 0.29) is 12.3 Å². The second-order valence-electron chi connectivity index (χ2n) is 5.75. The Morgan fingerprint density at radius 1 is 1.18 bits per heavy atom. The number of carbonyl (C=O) groups excluding carboxylic acids is 1. The Bertz CT molecular complexity index is 643. The van der Waals surface area contributed by atoms with Crippen LogP contribution in [-0.4, -0.2) is 53.9 Å². The van der Waals surface area contributed by atoms with E-state index in [1.165, 1.54) is 0 Å². The van der Waals surface area contributed by atoms with E-state index < -0.39 is 0 Å². The van der Waals surface area contributed by atoms with Gasteiger partial charge in [-0.25, -0.2) is 4.98 Å². The molecule has 1 amide bonds. The third kappa shape index (κ3) is 3.20. The van der Waals surface area contributed by atoms with Gasteiger partial charge in [-0.3, -0.25) is 4.79 Å². The zero-order chi connectivity index (χ0) is 15.5. The summed E-state index contributed by atoms with van der Waals surface area (Å²) in [6, 6.07) is 9.76. The van der Waals surface area contributed by atoms with Gasteiger partial charge in [0.1, 0.15) is 5.76 Å². The van der Waals surface area contributed by atoms with Gasteiger partial charge < -0.3 is 14.2 Å². The maximum atomic E-state index is 12.4. The first kappa shape index (κ1) is 14.8. The molecule has 0 bridgehead atoms. The summed E-state index contributed by atoms with van der Waals surface area (Å²) in [7, 11) is 2.08. The third-order valence-corrected chi connectivity index (χ3v) is 4.08. The van der Waals surface area contributed by atoms with Crippen LogP contribution in [0.2, 0.25) is 0 Å². The molecule has 22 heavy (non-hydrogen) atoms. The number of aromatic nitrogens is 1. The minimum absolute atomic E-state index is 0.118. The molecule has 2 heterocycles. The van der Waals surface area contributed by atoms with E-state index in [0.29, 0.717) is 11.7 Å². The Morgan fingerprint density at radius 3 is 2.55 bits per heavy atom. The highest BCUT2D eigenvalue weighted by molar-refractivity contribution is 5.78. The molecule has 1 aromatic heterocycles. The van der Waals surface area contributed by atoms with Crippen LogP contribution >= 0.6 is 0 Å². The number of nitrogens with zero attached hydrogens (tertiary/aromatic N) is 3. The summed E-state index contributed by atoms with van der Waals surface area (Å²) >= 11 is 0. The van der Waals surface area contributed by atoms with Crippen molar-refractivity contribution in [3.05, 3.63) is 41.8 Å². The normalized spacial score (nSPS) is 16.0. The lowest BCUT2D eigenvalue weighted by Gasteiger charge is -2.32. The number of piperazine rings is 1. The van der Waals surface area contributed by atoms with Crippen LogP contribution in [0.25, 0.3) is 11.5 Å². The van der Waals surface area contributed by atoms with Gasteiger partial charge >= 0.3 is 0 Å². The molecule has 1 fully saturated rings. The van der Waals surface area contributed by atoms with E-state index in [4.69, 9.17) is 4.42 Å². The van der Waals surface area contributed by atoms with Crippen molar-refractivity contribution in [1.29, 1.82) is 0 Å². The maximum absolute atomic E-state index is 12.4. The molecule has 1 aromatic carbocycles. The van der Waals surface area contributed by atoms with Crippen LogP contribution < -0.4 is 0 Å². The van der Waals surface area contributed by atoms with Crippen molar-refractivity contribution in [1.82, 2.24) is 14.8 Å². The Balaban J connectivity index is 1.70. The minimum Gasteiger partial charge on any atom is -0.440 e. The van der Waals surface area contributed by atoms with Gasteiger partial charge in [0.25, 0.3) is 0 Å². The smallest absolute Gasteiger partial charge is 0.230 e. The number of likely N-dealkylation sites (N-methyl/N-ethyl adjacent to an activating group) is 1. The second-order valence-corrected chi connectivity index (χ2v) is 5.75. The van der Waals surface area contributed by atoms with Crippen molar-refractivity contribution in [2.75, 3.05) is 33.2 Å². The molecule has 0 atom stereocenters. The first-order valence-corrected chi connectivity index (χ1v) is 7.61. The lowest BCUT2D eigenvalue weighted by Crippen LogP contribution is -2.47. The maximum Gasteiger partial charge on any atom is 0.230 e. The van der Waals surface area contributed by atoms with E-state index in [2.05, 4.69) is 16.9 Å². The largest absolute Gasteiger partial charge is 0.440 e. The molecular weight excluding hydrogens is 278 g/mol. The lowest BCUT2D eigenvalue weighted by molar-refractivity contribution is -0.132. The van der Waals surface area contributed by atoms with Gasteiger partial charge in [-0.05, 0) is 26.1 Å². The molecule has 3 rings (SSSR count). The van der Waals surface area contributed by atoms with Crippen molar-refractivity contribution in [2.45, 2.75) is 13.3 Å². The molecule has 0 radical (unpaired) electrons. The molecule has 5 heteroatoms. The van der Waals surface area contributed by atoms with E-state index >= 15 is 0 Å². The zero-order valence-electron chi connectivity index (χ0n) is 13.1. The monoisotopic (exact) mass is 299 g/mol. The summed E-state index contributed by atoms with van der Waals surface area (Å²) in [6.07, 6.45) is 0.287. The zero-order valence-corrected chi connectivity index (χ0v) is 13.1. The van der Waals surface area contributed by atoms with Gasteiger partial charge in [0.2, 0.25) is 11.8 Å². The van der Waals surface area contributed by atoms with Crippen LogP contribution in [0.5, 0.6) is 0 Å². The highest BCUT2D eigenvalue weighted by Crippen LogP contribution is 2.22. The molecule has 1 aliphatic heterocycles. The quantitative estimate of drug-likeness (QED) is 0.869. The molecule has 0 spiro atoms. The van der Waals surface area contributed by atoms with Gasteiger partial charge in [-0.15, -0.1) is 0 Å². The van der Waals surface area contributed by atoms with Gasteiger partial charge in [-0.1, -0.05) is 18.2 Å². The predicted octanol–water partition coefficient (Wildman–Crippen LogP) is 1.97. The molecule has 1 aliphatic rings. The number of hydrogen-bond acceptors (Lipinski definition) is 4. The Morgan fingerprint density at radius 2 is 1.86 bits per heavy atom. The van der Waals surface area contributed by atoms with Gasteiger partial charge in [0.05, 0.1) is 12.1 Å². The highest BCUT2D eigenvalue weighted by atomic mass is 16.4. The Labute approximate surface area is 130 Å². The van der Waals surface area contributed by atoms with E-state index in [1.54, 1.807) is 0 Å². The van der Waals surface area contributed by atoms with Crippen LogP contribution in [0.4, 0.5) is 0 Å². The summed E-state index contributed by atoms with van der Waals surface area (Å²) < 4.78 is 5.81. The number of aryl methyl sites for hydroxylation is 1. The van der Waals surface area contributed by atoms with Gasteiger partial charge in [0, 0.05) is 31.7 Å². The van der Waals surface area contributed by atoms with Crippen molar-refractivity contribution in [3.63, 3.8) is 0 Å². The molecule has 0 N–H and O–H groups in total. The van der Waals surface area contributed by atoms with Crippen LogP contribution in [0.15, 0.2) is 34.7 Å². The van der Waals surface area contributed by atoms with Crippen LogP contribution in [0.3, 0.4) is 0 Å². The first-order valence-electron chi connectivity index (χ1n) is 7.61. The second kappa shape index (κ2) is 6.32. The molecule has 116 valence electrons. The Hall–Kier alpha value is -2.14. The van der Waals surface area contributed by atoms with Gasteiger partial charge in [0.15, 0.2) is 0 Å². The summed E-state index contributed by atoms with van der Waals surface area (Å²) in [5.41, 5.74) is 1.73. The summed E-state index contributed by atoms with van der Waals surface area (Å²) in [5.74, 6) is 1.37. The lowest BCUT2D eigenvalue weighted by atomic mass is 10.2. The van der Waals surface area contributed by atoms with Gasteiger partial charge in [-0.2, -0.15) is 0 Å². The van der Waals surface area contributed by atoms with Crippen molar-refractivity contribution in [2.24, 2.45) is 0 Å². The molecule has 0 saturated carbocycles. The van der Waals surface area contributed by atoms with E-state index in [0.717, 1.165) is 37.4 Å². The van der Waals surface area contributed by atoms with E-state index in [1.807, 2.05) is 42.2 Å². The number of amides is 1. The molecule has 1 saturated heterocycles. The summed E-state index contributed by atoms with van der Waals surface area (Å²) in [6.45, 7) is 5.32. The van der Waals surface area contributed by atoms with Crippen LogP contribution in [0, 0.1) is 6.92 Å². The minimum atomic E-state index is 0.118.